The molecule has 0 saturated carbocycles. The maximum Gasteiger partial charge on any atom is 0.322 e. The average Bonchev–Trinajstić information content (AvgIpc) is 2.82. The third-order valence-corrected chi connectivity index (χ3v) is 7.15. The molecule has 4 heteroatoms. The monoisotopic (exact) mass is 484 g/mol. The van der Waals surface area contributed by atoms with E-state index in [1.165, 1.54) is 16.7 Å². The van der Waals surface area contributed by atoms with Crippen molar-refractivity contribution in [3.05, 3.63) is 94.0 Å². The van der Waals surface area contributed by atoms with Gasteiger partial charge in [0.25, 0.3) is 0 Å². The van der Waals surface area contributed by atoms with Crippen molar-refractivity contribution in [3.8, 4) is 5.75 Å². The molecule has 2 N–H and O–H groups in total. The Kier molecular flexibility index (Phi) is 7.17. The third-order valence-electron chi connectivity index (χ3n) is 7.15. The quantitative estimate of drug-likeness (QED) is 0.406. The number of hydrogen-bond acceptors (Lipinski definition) is 2. The minimum Gasteiger partial charge on any atom is -0.507 e. The number of anilines is 1. The van der Waals surface area contributed by atoms with Gasteiger partial charge in [0.15, 0.2) is 0 Å². The molecule has 2 amide bonds. The first-order valence-electron chi connectivity index (χ1n) is 13.0. The van der Waals surface area contributed by atoms with E-state index in [1.807, 2.05) is 29.2 Å². The lowest BCUT2D eigenvalue weighted by Gasteiger charge is -2.29. The van der Waals surface area contributed by atoms with E-state index in [9.17, 15) is 9.90 Å². The molecular formula is C32H40N2O2. The fourth-order valence-corrected chi connectivity index (χ4v) is 4.98. The Bertz CT molecular complexity index is 1210. The van der Waals surface area contributed by atoms with Crippen LogP contribution in [0.2, 0.25) is 0 Å². The highest BCUT2D eigenvalue weighted by Gasteiger charge is 2.26. The number of amides is 2. The number of rotatable bonds is 4. The Labute approximate surface area is 216 Å². The fourth-order valence-electron chi connectivity index (χ4n) is 4.98. The second kappa shape index (κ2) is 10.0. The maximum atomic E-state index is 13.1. The van der Waals surface area contributed by atoms with Crippen molar-refractivity contribution in [1.29, 1.82) is 0 Å². The highest BCUT2D eigenvalue weighted by Crippen LogP contribution is 2.40. The van der Waals surface area contributed by atoms with Crippen LogP contribution in [0.3, 0.4) is 0 Å². The highest BCUT2D eigenvalue weighted by molar-refractivity contribution is 5.90. The van der Waals surface area contributed by atoms with Crippen molar-refractivity contribution >= 4 is 11.7 Å². The largest absolute Gasteiger partial charge is 0.507 e. The maximum absolute atomic E-state index is 13.1. The molecule has 4 nitrogen and oxygen atoms in total. The first-order chi connectivity index (χ1) is 16.9. The number of hydrogen-bond donors (Lipinski definition) is 2. The van der Waals surface area contributed by atoms with Crippen LogP contribution in [0.25, 0.3) is 0 Å². The normalized spacial score (nSPS) is 13.9. The van der Waals surface area contributed by atoms with E-state index in [0.29, 0.717) is 12.3 Å². The van der Waals surface area contributed by atoms with Crippen LogP contribution in [0.15, 0.2) is 60.7 Å². The summed E-state index contributed by atoms with van der Waals surface area (Å²) in [6.45, 7) is 14.2. The molecule has 190 valence electrons. The Balaban J connectivity index is 1.52. The molecule has 0 unspecified atom stereocenters. The Morgan fingerprint density at radius 2 is 1.44 bits per heavy atom. The van der Waals surface area contributed by atoms with Crippen LogP contribution in [-0.4, -0.2) is 22.6 Å². The lowest BCUT2D eigenvalue weighted by molar-refractivity contribution is 0.206. The summed E-state index contributed by atoms with van der Waals surface area (Å²) >= 11 is 0. The molecule has 0 atom stereocenters. The Hall–Kier alpha value is -3.27. The number of carbonyl (C=O) groups excluding carboxylic acids is 1. The van der Waals surface area contributed by atoms with Crippen LogP contribution in [-0.2, 0) is 36.6 Å². The van der Waals surface area contributed by atoms with E-state index in [2.05, 4.69) is 83.3 Å². The second-order valence-electron chi connectivity index (χ2n) is 12.1. The summed E-state index contributed by atoms with van der Waals surface area (Å²) in [6, 6.07) is 20.7. The standard InChI is InChI=1S/C32H40N2O2/c1-31(2,3)26-19-22(20-27(29(26)35)32(4,5)6)15-16-24-12-9-10-14-28(24)33-30(36)34-18-17-23-11-7-8-13-25(23)21-34/h7-14,19-20,35H,15-18,21H2,1-6H3,(H,33,36). The van der Waals surface area contributed by atoms with Crippen LogP contribution in [0.1, 0.15) is 74.9 Å². The average molecular weight is 485 g/mol. The lowest BCUT2D eigenvalue weighted by Crippen LogP contribution is -2.39. The van der Waals surface area contributed by atoms with Gasteiger partial charge in [-0.15, -0.1) is 0 Å². The van der Waals surface area contributed by atoms with E-state index >= 15 is 0 Å². The second-order valence-corrected chi connectivity index (χ2v) is 12.1. The molecule has 0 radical (unpaired) electrons. The number of para-hydroxylation sites is 1. The lowest BCUT2D eigenvalue weighted by atomic mass is 9.78. The number of urea groups is 1. The molecule has 0 bridgehead atoms. The van der Waals surface area contributed by atoms with Gasteiger partial charge in [0.2, 0.25) is 0 Å². The third kappa shape index (κ3) is 5.75. The Morgan fingerprint density at radius 1 is 0.861 bits per heavy atom. The Morgan fingerprint density at radius 3 is 2.08 bits per heavy atom. The number of carbonyl (C=O) groups is 1. The number of aromatic hydroxyl groups is 1. The zero-order valence-electron chi connectivity index (χ0n) is 22.6. The van der Waals surface area contributed by atoms with Gasteiger partial charge in [0.1, 0.15) is 5.75 Å². The van der Waals surface area contributed by atoms with Crippen molar-refractivity contribution in [2.45, 2.75) is 78.2 Å². The van der Waals surface area contributed by atoms with Gasteiger partial charge >= 0.3 is 6.03 Å². The van der Waals surface area contributed by atoms with Crippen LogP contribution in [0, 0.1) is 0 Å². The van der Waals surface area contributed by atoms with Crippen LogP contribution in [0.4, 0.5) is 10.5 Å². The molecule has 3 aromatic rings. The molecule has 1 aliphatic rings. The van der Waals surface area contributed by atoms with Gasteiger partial charge in [-0.1, -0.05) is 96.1 Å². The van der Waals surface area contributed by atoms with Crippen LogP contribution in [0.5, 0.6) is 5.75 Å². The molecule has 4 rings (SSSR count). The van der Waals surface area contributed by atoms with Gasteiger partial charge in [-0.2, -0.15) is 0 Å². The molecule has 0 fully saturated rings. The van der Waals surface area contributed by atoms with Crippen LogP contribution >= 0.6 is 0 Å². The van der Waals surface area contributed by atoms with Gasteiger partial charge in [0, 0.05) is 18.8 Å². The number of nitrogens with one attached hydrogen (secondary N) is 1. The van der Waals surface area contributed by atoms with Gasteiger partial charge in [-0.25, -0.2) is 4.79 Å². The minimum atomic E-state index is -0.154. The van der Waals surface area contributed by atoms with Gasteiger partial charge in [-0.05, 0) is 69.5 Å². The van der Waals surface area contributed by atoms with E-state index in [4.69, 9.17) is 0 Å². The molecule has 1 aliphatic heterocycles. The predicted octanol–water partition coefficient (Wildman–Crippen LogP) is 7.36. The summed E-state index contributed by atoms with van der Waals surface area (Å²) < 4.78 is 0. The van der Waals surface area contributed by atoms with E-state index < -0.39 is 0 Å². The van der Waals surface area contributed by atoms with Crippen molar-refractivity contribution < 1.29 is 9.90 Å². The van der Waals surface area contributed by atoms with Crippen molar-refractivity contribution in [2.75, 3.05) is 11.9 Å². The summed E-state index contributed by atoms with van der Waals surface area (Å²) in [4.78, 5) is 15.0. The molecule has 3 aromatic carbocycles. The molecular weight excluding hydrogens is 444 g/mol. The molecule has 0 saturated heterocycles. The number of fused-ring (bicyclic) bond motifs is 1. The zero-order chi connectivity index (χ0) is 26.1. The first-order valence-corrected chi connectivity index (χ1v) is 13.0. The minimum absolute atomic E-state index is 0.0494. The molecule has 0 aromatic heterocycles. The van der Waals surface area contributed by atoms with E-state index in [-0.39, 0.29) is 16.9 Å². The number of nitrogens with zero attached hydrogens (tertiary/aromatic N) is 1. The summed E-state index contributed by atoms with van der Waals surface area (Å²) in [7, 11) is 0. The number of phenolic OH excluding ortho intramolecular Hbond substituents is 1. The zero-order valence-corrected chi connectivity index (χ0v) is 22.6. The summed E-state index contributed by atoms with van der Waals surface area (Å²) in [5, 5.41) is 14.2. The van der Waals surface area contributed by atoms with Crippen molar-refractivity contribution in [1.82, 2.24) is 4.90 Å². The van der Waals surface area contributed by atoms with E-state index in [0.717, 1.165) is 48.2 Å². The summed E-state index contributed by atoms with van der Waals surface area (Å²) in [5.41, 5.74) is 7.41. The molecule has 1 heterocycles. The molecule has 0 aliphatic carbocycles. The molecule has 36 heavy (non-hydrogen) atoms. The summed E-state index contributed by atoms with van der Waals surface area (Å²) in [6.07, 6.45) is 2.52. The topological polar surface area (TPSA) is 52.6 Å². The summed E-state index contributed by atoms with van der Waals surface area (Å²) in [5.74, 6) is 0.412. The number of benzene rings is 3. The number of phenols is 1. The van der Waals surface area contributed by atoms with Gasteiger partial charge < -0.3 is 15.3 Å². The first kappa shape index (κ1) is 25.8. The van der Waals surface area contributed by atoms with Crippen molar-refractivity contribution in [3.63, 3.8) is 0 Å². The smallest absolute Gasteiger partial charge is 0.322 e. The van der Waals surface area contributed by atoms with Gasteiger partial charge in [0.05, 0.1) is 0 Å². The highest BCUT2D eigenvalue weighted by atomic mass is 16.3. The van der Waals surface area contributed by atoms with E-state index in [1.54, 1.807) is 0 Å². The van der Waals surface area contributed by atoms with Gasteiger partial charge in [-0.3, -0.25) is 0 Å². The van der Waals surface area contributed by atoms with Crippen molar-refractivity contribution in [2.24, 2.45) is 0 Å². The predicted molar refractivity (Wildman–Crippen MR) is 149 cm³/mol. The van der Waals surface area contributed by atoms with Crippen LogP contribution < -0.4 is 5.32 Å². The fraction of sp³-hybridized carbons (Fsp3) is 0.406. The molecule has 0 spiro atoms. The SMILES string of the molecule is CC(C)(C)c1cc(CCc2ccccc2NC(=O)N2CCc3ccccc3C2)cc(C(C)(C)C)c1O. The number of aryl methyl sites for hydroxylation is 2.